The number of rotatable bonds is 4. The number of hydrogen-bond donors (Lipinski definition) is 1. The van der Waals surface area contributed by atoms with Crippen LogP contribution in [0.3, 0.4) is 0 Å². The fraction of sp³-hybridized carbons (Fsp3) is 0.467. The maximum absolute atomic E-state index is 3.60. The van der Waals surface area contributed by atoms with E-state index in [4.69, 9.17) is 0 Å². The van der Waals surface area contributed by atoms with Gasteiger partial charge >= 0.3 is 0 Å². The van der Waals surface area contributed by atoms with Crippen LogP contribution in [0.1, 0.15) is 31.7 Å². The Bertz CT molecular complexity index is 354. The van der Waals surface area contributed by atoms with E-state index in [1.165, 1.54) is 30.5 Å². The normalized spacial score (nSPS) is 19.7. The number of hydrogen-bond acceptors (Lipinski definition) is 1. The molecule has 0 aromatic heterocycles. The fourth-order valence-electron chi connectivity index (χ4n) is 2.30. The van der Waals surface area contributed by atoms with Crippen LogP contribution in [0.2, 0.25) is 0 Å². The number of para-hydroxylation sites is 1. The van der Waals surface area contributed by atoms with Gasteiger partial charge in [0.1, 0.15) is 0 Å². The Morgan fingerprint density at radius 3 is 2.88 bits per heavy atom. The zero-order chi connectivity index (χ0) is 11.2. The highest BCUT2D eigenvalue weighted by atomic mass is 14.9. The summed E-state index contributed by atoms with van der Waals surface area (Å²) in [7, 11) is 0. The van der Waals surface area contributed by atoms with E-state index in [1.54, 1.807) is 0 Å². The first-order valence-electron chi connectivity index (χ1n) is 6.37. The first-order valence-corrected chi connectivity index (χ1v) is 6.37. The zero-order valence-corrected chi connectivity index (χ0v) is 10.1. The van der Waals surface area contributed by atoms with Crippen molar-refractivity contribution in [2.75, 3.05) is 11.9 Å². The molecule has 0 amide bonds. The Morgan fingerprint density at radius 1 is 1.25 bits per heavy atom. The van der Waals surface area contributed by atoms with E-state index in [-0.39, 0.29) is 0 Å². The molecule has 1 aromatic carbocycles. The van der Waals surface area contributed by atoms with E-state index >= 15 is 0 Å². The Labute approximate surface area is 98.6 Å². The monoisotopic (exact) mass is 215 g/mol. The van der Waals surface area contributed by atoms with Gasteiger partial charge < -0.3 is 5.32 Å². The van der Waals surface area contributed by atoms with Gasteiger partial charge in [-0.15, -0.1) is 0 Å². The van der Waals surface area contributed by atoms with E-state index in [2.05, 4.69) is 48.7 Å². The van der Waals surface area contributed by atoms with Gasteiger partial charge in [0.25, 0.3) is 0 Å². The second-order valence-electron chi connectivity index (χ2n) is 4.54. The smallest absolute Gasteiger partial charge is 0.0372 e. The van der Waals surface area contributed by atoms with Gasteiger partial charge in [0.05, 0.1) is 0 Å². The van der Waals surface area contributed by atoms with E-state index in [9.17, 15) is 0 Å². The largest absolute Gasteiger partial charge is 0.385 e. The minimum atomic E-state index is 0.815. The highest BCUT2D eigenvalue weighted by Gasteiger charge is 2.09. The summed E-state index contributed by atoms with van der Waals surface area (Å²) >= 11 is 0. The van der Waals surface area contributed by atoms with E-state index in [0.717, 1.165) is 18.9 Å². The molecule has 1 N–H and O–H groups in total. The molecule has 2 rings (SSSR count). The average molecular weight is 215 g/mol. The van der Waals surface area contributed by atoms with Crippen molar-refractivity contribution in [2.45, 2.75) is 32.6 Å². The van der Waals surface area contributed by atoms with Crippen LogP contribution in [0.25, 0.3) is 0 Å². The highest BCUT2D eigenvalue weighted by Crippen LogP contribution is 2.21. The minimum absolute atomic E-state index is 0.815. The second kappa shape index (κ2) is 5.74. The molecule has 1 unspecified atom stereocenters. The lowest BCUT2D eigenvalue weighted by Gasteiger charge is -2.20. The van der Waals surface area contributed by atoms with Crippen molar-refractivity contribution in [1.82, 2.24) is 0 Å². The third-order valence-electron chi connectivity index (χ3n) is 3.36. The lowest BCUT2D eigenvalue weighted by atomic mass is 9.94. The molecule has 1 aliphatic rings. The van der Waals surface area contributed by atoms with Gasteiger partial charge in [0.15, 0.2) is 0 Å². The van der Waals surface area contributed by atoms with Crippen molar-refractivity contribution >= 4 is 5.69 Å². The number of nitrogens with one attached hydrogen (secondary N) is 1. The highest BCUT2D eigenvalue weighted by molar-refractivity contribution is 5.51. The number of benzene rings is 1. The predicted molar refractivity (Wildman–Crippen MR) is 70.8 cm³/mol. The molecule has 1 nitrogen and oxygen atoms in total. The summed E-state index contributed by atoms with van der Waals surface area (Å²) in [5.41, 5.74) is 2.74. The Kier molecular flexibility index (Phi) is 4.03. The van der Waals surface area contributed by atoms with Crippen molar-refractivity contribution in [3.05, 3.63) is 42.0 Å². The van der Waals surface area contributed by atoms with Crippen LogP contribution in [0.15, 0.2) is 36.4 Å². The lowest BCUT2D eigenvalue weighted by Crippen LogP contribution is -2.16. The summed E-state index contributed by atoms with van der Waals surface area (Å²) in [6.45, 7) is 3.32. The van der Waals surface area contributed by atoms with Crippen molar-refractivity contribution in [2.24, 2.45) is 5.92 Å². The van der Waals surface area contributed by atoms with Crippen molar-refractivity contribution < 1.29 is 0 Å². The first kappa shape index (κ1) is 11.3. The molecule has 0 fully saturated rings. The third kappa shape index (κ3) is 2.88. The van der Waals surface area contributed by atoms with Gasteiger partial charge in [-0.1, -0.05) is 37.3 Å². The Morgan fingerprint density at radius 2 is 2.12 bits per heavy atom. The van der Waals surface area contributed by atoms with Crippen molar-refractivity contribution in [3.8, 4) is 0 Å². The Balaban J connectivity index is 1.91. The van der Waals surface area contributed by atoms with E-state index in [1.807, 2.05) is 0 Å². The van der Waals surface area contributed by atoms with Gasteiger partial charge in [0.2, 0.25) is 0 Å². The fourth-order valence-corrected chi connectivity index (χ4v) is 2.30. The van der Waals surface area contributed by atoms with Crippen LogP contribution in [-0.2, 0) is 6.42 Å². The molecule has 0 spiro atoms. The zero-order valence-electron chi connectivity index (χ0n) is 10.1. The predicted octanol–water partition coefficient (Wildman–Crippen LogP) is 4.02. The molecular formula is C15H21N. The number of anilines is 1. The minimum Gasteiger partial charge on any atom is -0.385 e. The third-order valence-corrected chi connectivity index (χ3v) is 3.36. The molecule has 1 atom stereocenters. The summed E-state index contributed by atoms with van der Waals surface area (Å²) in [5.74, 6) is 0.815. The first-order chi connectivity index (χ1) is 7.90. The Hall–Kier alpha value is -1.24. The van der Waals surface area contributed by atoms with Crippen LogP contribution in [0, 0.1) is 5.92 Å². The lowest BCUT2D eigenvalue weighted by molar-refractivity contribution is 0.504. The molecule has 0 radical (unpaired) electrons. The second-order valence-corrected chi connectivity index (χ2v) is 4.54. The molecule has 1 heteroatoms. The average Bonchev–Trinajstić information content (AvgIpc) is 2.38. The number of aryl methyl sites for hydroxylation is 1. The molecule has 0 aliphatic heterocycles. The van der Waals surface area contributed by atoms with Crippen LogP contribution < -0.4 is 5.32 Å². The molecule has 1 aromatic rings. The summed E-state index contributed by atoms with van der Waals surface area (Å²) in [6, 6.07) is 8.64. The molecular weight excluding hydrogens is 194 g/mol. The van der Waals surface area contributed by atoms with Gasteiger partial charge in [0, 0.05) is 12.2 Å². The van der Waals surface area contributed by atoms with Gasteiger partial charge in [-0.2, -0.15) is 0 Å². The quantitative estimate of drug-likeness (QED) is 0.748. The van der Waals surface area contributed by atoms with Crippen LogP contribution in [0.5, 0.6) is 0 Å². The molecule has 1 aliphatic carbocycles. The van der Waals surface area contributed by atoms with E-state index < -0.39 is 0 Å². The maximum Gasteiger partial charge on any atom is 0.0372 e. The van der Waals surface area contributed by atoms with Gasteiger partial charge in [-0.25, -0.2) is 0 Å². The summed E-state index contributed by atoms with van der Waals surface area (Å²) in [4.78, 5) is 0. The van der Waals surface area contributed by atoms with Crippen molar-refractivity contribution in [1.29, 1.82) is 0 Å². The molecule has 16 heavy (non-hydrogen) atoms. The number of allylic oxidation sites excluding steroid dienone is 2. The topological polar surface area (TPSA) is 12.0 Å². The molecule has 0 heterocycles. The van der Waals surface area contributed by atoms with Crippen LogP contribution in [-0.4, -0.2) is 6.54 Å². The summed E-state index contributed by atoms with van der Waals surface area (Å²) in [5, 5.41) is 3.60. The molecule has 86 valence electrons. The van der Waals surface area contributed by atoms with Crippen LogP contribution >= 0.6 is 0 Å². The summed E-state index contributed by atoms with van der Waals surface area (Å²) in [6.07, 6.45) is 9.55. The van der Waals surface area contributed by atoms with Crippen LogP contribution in [0.4, 0.5) is 5.69 Å². The standard InChI is InChI=1S/C15H21N/c1-2-14-10-6-7-11-15(14)16-12-13-8-4-3-5-9-13/h3-4,6-7,10-11,13,16H,2,5,8-9,12H2,1H3. The molecule has 0 saturated carbocycles. The SMILES string of the molecule is CCc1ccccc1NCC1CC=CCC1. The van der Waals surface area contributed by atoms with Gasteiger partial charge in [-0.05, 0) is 43.2 Å². The van der Waals surface area contributed by atoms with Gasteiger partial charge in [-0.3, -0.25) is 0 Å². The molecule has 0 bridgehead atoms. The summed E-state index contributed by atoms with van der Waals surface area (Å²) < 4.78 is 0. The maximum atomic E-state index is 3.60. The van der Waals surface area contributed by atoms with Crippen molar-refractivity contribution in [3.63, 3.8) is 0 Å². The molecule has 0 saturated heterocycles. The van der Waals surface area contributed by atoms with E-state index in [0.29, 0.717) is 0 Å².